The molecule has 0 saturated carbocycles. The van der Waals surface area contributed by atoms with E-state index in [1.165, 1.54) is 6.07 Å². The summed E-state index contributed by atoms with van der Waals surface area (Å²) in [5.74, 6) is -3.49. The Kier molecular flexibility index (Phi) is 4.56. The zero-order chi connectivity index (χ0) is 12.8. The Bertz CT molecular complexity index is 435. The summed E-state index contributed by atoms with van der Waals surface area (Å²) >= 11 is 0. The van der Waals surface area contributed by atoms with Crippen molar-refractivity contribution in [1.82, 2.24) is 5.32 Å². The van der Waals surface area contributed by atoms with Gasteiger partial charge in [-0.05, 0) is 24.1 Å². The fraction of sp³-hybridized carbons (Fsp3) is 0.273. The van der Waals surface area contributed by atoms with E-state index in [-0.39, 0.29) is 12.8 Å². The lowest BCUT2D eigenvalue weighted by molar-refractivity contribution is -0.137. The molecule has 17 heavy (non-hydrogen) atoms. The van der Waals surface area contributed by atoms with Gasteiger partial charge < -0.3 is 10.4 Å². The van der Waals surface area contributed by atoms with Crippen molar-refractivity contribution in [1.29, 1.82) is 0 Å². The lowest BCUT2D eigenvalue weighted by Crippen LogP contribution is -2.29. The number of rotatable bonds is 5. The molecule has 1 aromatic carbocycles. The molecule has 0 radical (unpaired) electrons. The third-order valence-corrected chi connectivity index (χ3v) is 2.06. The molecule has 6 heteroatoms. The van der Waals surface area contributed by atoms with Gasteiger partial charge in [-0.2, -0.15) is 0 Å². The van der Waals surface area contributed by atoms with Gasteiger partial charge in [0.05, 0.1) is 0 Å². The summed E-state index contributed by atoms with van der Waals surface area (Å²) in [4.78, 5) is 21.3. The van der Waals surface area contributed by atoms with E-state index < -0.39 is 30.1 Å². The first-order valence-electron chi connectivity index (χ1n) is 4.91. The monoisotopic (exact) mass is 243 g/mol. The second-order valence-corrected chi connectivity index (χ2v) is 3.42. The number of nitrogens with one attached hydrogen (secondary N) is 1. The summed E-state index contributed by atoms with van der Waals surface area (Å²) in [6.07, 6.45) is 0.251. The van der Waals surface area contributed by atoms with Crippen LogP contribution in [-0.4, -0.2) is 23.5 Å². The molecule has 0 atom stereocenters. The molecule has 0 unspecified atom stereocenters. The smallest absolute Gasteiger partial charge is 0.322 e. The highest BCUT2D eigenvalue weighted by Crippen LogP contribution is 2.10. The third kappa shape index (κ3) is 4.58. The van der Waals surface area contributed by atoms with Crippen molar-refractivity contribution in [3.05, 3.63) is 35.4 Å². The van der Waals surface area contributed by atoms with Gasteiger partial charge in [-0.1, -0.05) is 6.07 Å². The molecular weight excluding hydrogens is 232 g/mol. The molecule has 4 nitrogen and oxygen atoms in total. The van der Waals surface area contributed by atoms with Crippen LogP contribution < -0.4 is 5.32 Å². The zero-order valence-corrected chi connectivity index (χ0v) is 8.87. The highest BCUT2D eigenvalue weighted by atomic mass is 19.2. The number of amides is 1. The average molecular weight is 243 g/mol. The quantitative estimate of drug-likeness (QED) is 0.813. The number of carbonyl (C=O) groups is 2. The minimum atomic E-state index is -1.13. The molecule has 1 amide bonds. The topological polar surface area (TPSA) is 66.4 Å². The lowest BCUT2D eigenvalue weighted by atomic mass is 10.1. The van der Waals surface area contributed by atoms with E-state index in [1.807, 2.05) is 0 Å². The molecular formula is C11H11F2NO3. The number of halogens is 2. The van der Waals surface area contributed by atoms with Gasteiger partial charge in [-0.25, -0.2) is 8.78 Å². The maximum atomic E-state index is 12.8. The number of carboxylic acids is 1. The molecule has 92 valence electrons. The van der Waals surface area contributed by atoms with E-state index in [9.17, 15) is 18.4 Å². The average Bonchev–Trinajstić information content (AvgIpc) is 2.28. The van der Waals surface area contributed by atoms with Crippen molar-refractivity contribution in [3.8, 4) is 0 Å². The number of carbonyl (C=O) groups excluding carboxylic acids is 1. The molecule has 0 fully saturated rings. The van der Waals surface area contributed by atoms with E-state index in [0.29, 0.717) is 5.56 Å². The molecule has 0 aliphatic rings. The summed E-state index contributed by atoms with van der Waals surface area (Å²) in [7, 11) is 0. The SMILES string of the molecule is O=C(O)CNC(=O)CCc1ccc(F)c(F)c1. The highest BCUT2D eigenvalue weighted by Gasteiger charge is 2.06. The summed E-state index contributed by atoms with van der Waals surface area (Å²) in [5.41, 5.74) is 0.481. The van der Waals surface area contributed by atoms with Crippen LogP contribution in [0.5, 0.6) is 0 Å². The summed E-state index contributed by atoms with van der Waals surface area (Å²) in [6, 6.07) is 3.38. The van der Waals surface area contributed by atoms with Gasteiger partial charge >= 0.3 is 5.97 Å². The zero-order valence-electron chi connectivity index (χ0n) is 8.87. The van der Waals surface area contributed by atoms with Gasteiger partial charge in [0.25, 0.3) is 0 Å². The number of aryl methyl sites for hydroxylation is 1. The second-order valence-electron chi connectivity index (χ2n) is 3.42. The number of aliphatic carboxylic acids is 1. The Morgan fingerprint density at radius 3 is 2.53 bits per heavy atom. The van der Waals surface area contributed by atoms with Crippen LogP contribution in [0, 0.1) is 11.6 Å². The van der Waals surface area contributed by atoms with Crippen molar-refractivity contribution in [2.24, 2.45) is 0 Å². The molecule has 1 rings (SSSR count). The number of carboxylic acid groups (broad SMARTS) is 1. The number of benzene rings is 1. The van der Waals surface area contributed by atoms with Gasteiger partial charge in [0.1, 0.15) is 6.54 Å². The van der Waals surface area contributed by atoms with Crippen molar-refractivity contribution >= 4 is 11.9 Å². The first-order valence-corrected chi connectivity index (χ1v) is 4.91. The van der Waals surface area contributed by atoms with Crippen molar-refractivity contribution in [2.45, 2.75) is 12.8 Å². The second kappa shape index (κ2) is 5.93. The molecule has 0 saturated heterocycles. The van der Waals surface area contributed by atoms with Crippen LogP contribution in [0.3, 0.4) is 0 Å². The van der Waals surface area contributed by atoms with Crippen LogP contribution >= 0.6 is 0 Å². The fourth-order valence-corrected chi connectivity index (χ4v) is 1.22. The van der Waals surface area contributed by atoms with Gasteiger partial charge in [0.2, 0.25) is 5.91 Å². The Morgan fingerprint density at radius 1 is 1.24 bits per heavy atom. The summed E-state index contributed by atoms with van der Waals surface area (Å²) < 4.78 is 25.4. The van der Waals surface area contributed by atoms with E-state index in [1.54, 1.807) is 0 Å². The highest BCUT2D eigenvalue weighted by molar-refractivity contribution is 5.81. The molecule has 0 bridgehead atoms. The van der Waals surface area contributed by atoms with Crippen LogP contribution in [-0.2, 0) is 16.0 Å². The first kappa shape index (κ1) is 13.1. The molecule has 0 aliphatic carbocycles. The predicted molar refractivity (Wildman–Crippen MR) is 55.3 cm³/mol. The molecule has 0 heterocycles. The van der Waals surface area contributed by atoms with Crippen LogP contribution in [0.1, 0.15) is 12.0 Å². The van der Waals surface area contributed by atoms with Crippen molar-refractivity contribution in [3.63, 3.8) is 0 Å². The van der Waals surface area contributed by atoms with Crippen LogP contribution in [0.4, 0.5) is 8.78 Å². The van der Waals surface area contributed by atoms with Crippen LogP contribution in [0.15, 0.2) is 18.2 Å². The molecule has 2 N–H and O–H groups in total. The third-order valence-electron chi connectivity index (χ3n) is 2.06. The van der Waals surface area contributed by atoms with Gasteiger partial charge in [0.15, 0.2) is 11.6 Å². The maximum absolute atomic E-state index is 12.8. The Hall–Kier alpha value is -1.98. The number of hydrogen-bond acceptors (Lipinski definition) is 2. The Balaban J connectivity index is 2.42. The van der Waals surface area contributed by atoms with E-state index in [2.05, 4.69) is 5.32 Å². The van der Waals surface area contributed by atoms with Crippen molar-refractivity contribution in [2.75, 3.05) is 6.54 Å². The van der Waals surface area contributed by atoms with Gasteiger partial charge in [-0.15, -0.1) is 0 Å². The molecule has 0 spiro atoms. The van der Waals surface area contributed by atoms with Crippen LogP contribution in [0.25, 0.3) is 0 Å². The molecule has 0 aliphatic heterocycles. The normalized spacial score (nSPS) is 10.0. The molecule has 0 aromatic heterocycles. The Morgan fingerprint density at radius 2 is 1.94 bits per heavy atom. The van der Waals surface area contributed by atoms with E-state index in [4.69, 9.17) is 5.11 Å². The predicted octanol–water partition coefficient (Wildman–Crippen LogP) is 1.10. The number of hydrogen-bond donors (Lipinski definition) is 2. The fourth-order valence-electron chi connectivity index (χ4n) is 1.22. The largest absolute Gasteiger partial charge is 0.480 e. The maximum Gasteiger partial charge on any atom is 0.322 e. The van der Waals surface area contributed by atoms with Crippen molar-refractivity contribution < 1.29 is 23.5 Å². The summed E-state index contributed by atoms with van der Waals surface area (Å²) in [5, 5.41) is 10.5. The minimum absolute atomic E-state index is 0.0261. The van der Waals surface area contributed by atoms with E-state index in [0.717, 1.165) is 12.1 Å². The first-order chi connectivity index (χ1) is 7.99. The minimum Gasteiger partial charge on any atom is -0.480 e. The van der Waals surface area contributed by atoms with E-state index >= 15 is 0 Å². The van der Waals surface area contributed by atoms with Crippen LogP contribution in [0.2, 0.25) is 0 Å². The lowest BCUT2D eigenvalue weighted by Gasteiger charge is -2.03. The Labute approximate surface area is 96.3 Å². The summed E-state index contributed by atoms with van der Waals surface area (Å²) in [6.45, 7) is -0.448. The van der Waals surface area contributed by atoms with Gasteiger partial charge in [0, 0.05) is 6.42 Å². The van der Waals surface area contributed by atoms with Gasteiger partial charge in [-0.3, -0.25) is 9.59 Å². The standard InChI is InChI=1S/C11H11F2NO3/c12-8-3-1-7(5-9(8)13)2-4-10(15)14-6-11(16)17/h1,3,5H,2,4,6H2,(H,14,15)(H,16,17). The molecule has 1 aromatic rings.